The van der Waals surface area contributed by atoms with E-state index in [-0.39, 0.29) is 0 Å². The third-order valence-corrected chi connectivity index (χ3v) is 2.56. The molecule has 2 heteroatoms. The summed E-state index contributed by atoms with van der Waals surface area (Å²) < 4.78 is 4.94. The monoisotopic (exact) mass is 170 g/mol. The van der Waals surface area contributed by atoms with Gasteiger partial charge in [-0.05, 0) is 12.8 Å². The van der Waals surface area contributed by atoms with Crippen molar-refractivity contribution in [1.82, 2.24) is 0 Å². The van der Waals surface area contributed by atoms with Gasteiger partial charge in [0.05, 0.1) is 0 Å². The molecule has 1 fully saturated rings. The highest BCUT2D eigenvalue weighted by Crippen LogP contribution is 2.01. The lowest BCUT2D eigenvalue weighted by atomic mass is 9.44. The van der Waals surface area contributed by atoms with Crippen LogP contribution in [0, 0.1) is 0 Å². The maximum Gasteiger partial charge on any atom is 0.139 e. The van der Waals surface area contributed by atoms with Gasteiger partial charge in [0.2, 0.25) is 0 Å². The van der Waals surface area contributed by atoms with E-state index < -0.39 is 0 Å². The summed E-state index contributed by atoms with van der Waals surface area (Å²) in [6, 6.07) is 0. The SMILES string of the molecule is C1CCOC1.CCB(CC)CC. The van der Waals surface area contributed by atoms with Crippen LogP contribution in [0.2, 0.25) is 19.0 Å². The first kappa shape index (κ1) is 12.0. The third kappa shape index (κ3) is 6.72. The van der Waals surface area contributed by atoms with E-state index in [4.69, 9.17) is 4.74 Å². The van der Waals surface area contributed by atoms with Crippen LogP contribution in [0.3, 0.4) is 0 Å². The molecule has 1 saturated heterocycles. The van der Waals surface area contributed by atoms with Gasteiger partial charge in [-0.1, -0.05) is 39.7 Å². The molecule has 0 bridgehead atoms. The van der Waals surface area contributed by atoms with E-state index in [1.807, 2.05) is 0 Å². The standard InChI is InChI=1S/C6H15B.C4H8O/c1-4-7(5-2)6-3;1-2-4-5-3-1/h4-6H2,1-3H3;1-4H2. The van der Waals surface area contributed by atoms with Crippen molar-refractivity contribution < 1.29 is 4.74 Å². The van der Waals surface area contributed by atoms with Gasteiger partial charge < -0.3 is 4.74 Å². The molecule has 0 aromatic carbocycles. The molecule has 0 amide bonds. The molecule has 1 nitrogen and oxygen atoms in total. The average molecular weight is 170 g/mol. The highest BCUT2D eigenvalue weighted by Gasteiger charge is 2.01. The lowest BCUT2D eigenvalue weighted by Crippen LogP contribution is -2.04. The highest BCUT2D eigenvalue weighted by molar-refractivity contribution is 6.58. The first-order valence-corrected chi connectivity index (χ1v) is 5.42. The first-order chi connectivity index (χ1) is 5.85. The lowest BCUT2D eigenvalue weighted by Gasteiger charge is -2.00. The van der Waals surface area contributed by atoms with Crippen LogP contribution in [-0.4, -0.2) is 19.9 Å². The Morgan fingerprint density at radius 1 is 0.917 bits per heavy atom. The number of rotatable bonds is 3. The van der Waals surface area contributed by atoms with Gasteiger partial charge in [-0.15, -0.1) is 0 Å². The Balaban J connectivity index is 0.000000211. The van der Waals surface area contributed by atoms with Crippen molar-refractivity contribution in [3.63, 3.8) is 0 Å². The van der Waals surface area contributed by atoms with Gasteiger partial charge in [-0.25, -0.2) is 0 Å². The van der Waals surface area contributed by atoms with Gasteiger partial charge in [0, 0.05) is 13.2 Å². The van der Waals surface area contributed by atoms with Crippen LogP contribution in [0.5, 0.6) is 0 Å². The van der Waals surface area contributed by atoms with Crippen LogP contribution < -0.4 is 0 Å². The van der Waals surface area contributed by atoms with Gasteiger partial charge in [0.15, 0.2) is 0 Å². The van der Waals surface area contributed by atoms with Crippen LogP contribution in [-0.2, 0) is 4.74 Å². The van der Waals surface area contributed by atoms with Crippen molar-refractivity contribution in [2.45, 2.75) is 52.6 Å². The van der Waals surface area contributed by atoms with E-state index in [0.717, 1.165) is 19.9 Å². The Labute approximate surface area is 78.0 Å². The minimum absolute atomic E-state index is 0.986. The summed E-state index contributed by atoms with van der Waals surface area (Å²) in [7, 11) is 0. The first-order valence-electron chi connectivity index (χ1n) is 5.42. The molecule has 0 radical (unpaired) electrons. The Kier molecular flexibility index (Phi) is 9.13. The van der Waals surface area contributed by atoms with Gasteiger partial charge in [0.1, 0.15) is 6.71 Å². The van der Waals surface area contributed by atoms with Crippen LogP contribution in [0.15, 0.2) is 0 Å². The van der Waals surface area contributed by atoms with Crippen molar-refractivity contribution in [1.29, 1.82) is 0 Å². The van der Waals surface area contributed by atoms with Crippen molar-refractivity contribution in [3.8, 4) is 0 Å². The van der Waals surface area contributed by atoms with Gasteiger partial charge >= 0.3 is 0 Å². The van der Waals surface area contributed by atoms with Crippen LogP contribution in [0.25, 0.3) is 0 Å². The van der Waals surface area contributed by atoms with Crippen molar-refractivity contribution >= 4 is 6.71 Å². The summed E-state index contributed by atoms with van der Waals surface area (Å²) in [5, 5.41) is 0. The van der Waals surface area contributed by atoms with E-state index in [1.165, 1.54) is 31.8 Å². The second-order valence-electron chi connectivity index (χ2n) is 3.41. The summed E-state index contributed by atoms with van der Waals surface area (Å²) in [6.45, 7) is 9.77. The van der Waals surface area contributed by atoms with Crippen LogP contribution in [0.1, 0.15) is 33.6 Å². The van der Waals surface area contributed by atoms with E-state index in [2.05, 4.69) is 20.8 Å². The Hall–Kier alpha value is 0.0249. The predicted molar refractivity (Wildman–Crippen MR) is 57.3 cm³/mol. The summed E-state index contributed by atoms with van der Waals surface area (Å²) in [4.78, 5) is 0. The molecule has 1 heterocycles. The zero-order valence-electron chi connectivity index (χ0n) is 8.94. The number of hydrogen-bond acceptors (Lipinski definition) is 1. The molecule has 0 N–H and O–H groups in total. The smallest absolute Gasteiger partial charge is 0.139 e. The van der Waals surface area contributed by atoms with Crippen molar-refractivity contribution in [3.05, 3.63) is 0 Å². The van der Waals surface area contributed by atoms with Crippen molar-refractivity contribution in [2.75, 3.05) is 13.2 Å². The van der Waals surface area contributed by atoms with E-state index in [1.54, 1.807) is 0 Å². The van der Waals surface area contributed by atoms with Crippen LogP contribution >= 0.6 is 0 Å². The molecular weight excluding hydrogens is 147 g/mol. The topological polar surface area (TPSA) is 9.23 Å². The quantitative estimate of drug-likeness (QED) is 0.590. The summed E-state index contributed by atoms with van der Waals surface area (Å²) >= 11 is 0. The van der Waals surface area contributed by atoms with Gasteiger partial charge in [-0.3, -0.25) is 0 Å². The zero-order valence-corrected chi connectivity index (χ0v) is 8.94. The predicted octanol–water partition coefficient (Wildman–Crippen LogP) is 3.34. The molecule has 0 aliphatic carbocycles. The molecule has 0 aromatic rings. The molecule has 0 saturated carbocycles. The maximum absolute atomic E-state index is 4.94. The molecule has 1 aliphatic rings. The fourth-order valence-electron chi connectivity index (χ4n) is 1.38. The molecule has 0 unspecified atom stereocenters. The van der Waals surface area contributed by atoms with E-state index in [0.29, 0.717) is 0 Å². The fraction of sp³-hybridized carbons (Fsp3) is 1.00. The number of hydrogen-bond donors (Lipinski definition) is 0. The molecule has 12 heavy (non-hydrogen) atoms. The molecular formula is C10H23BO. The fourth-order valence-corrected chi connectivity index (χ4v) is 1.38. The summed E-state index contributed by atoms with van der Waals surface area (Å²) in [5.74, 6) is 0. The average Bonchev–Trinajstić information content (AvgIpc) is 2.64. The van der Waals surface area contributed by atoms with Crippen molar-refractivity contribution in [2.24, 2.45) is 0 Å². The highest BCUT2D eigenvalue weighted by atomic mass is 16.5. The second-order valence-corrected chi connectivity index (χ2v) is 3.41. The maximum atomic E-state index is 4.94. The van der Waals surface area contributed by atoms with E-state index in [9.17, 15) is 0 Å². The Morgan fingerprint density at radius 2 is 1.33 bits per heavy atom. The van der Waals surface area contributed by atoms with Crippen LogP contribution in [0.4, 0.5) is 0 Å². The lowest BCUT2D eigenvalue weighted by molar-refractivity contribution is 0.198. The Morgan fingerprint density at radius 3 is 1.42 bits per heavy atom. The molecule has 0 spiro atoms. The summed E-state index contributed by atoms with van der Waals surface area (Å²) in [6.07, 6.45) is 6.62. The summed E-state index contributed by atoms with van der Waals surface area (Å²) in [5.41, 5.74) is 0. The molecule has 1 rings (SSSR count). The third-order valence-electron chi connectivity index (χ3n) is 2.56. The zero-order chi connectivity index (χ0) is 9.23. The second kappa shape index (κ2) is 9.12. The molecule has 1 aliphatic heterocycles. The minimum atomic E-state index is 0.986. The van der Waals surface area contributed by atoms with Gasteiger partial charge in [-0.2, -0.15) is 0 Å². The largest absolute Gasteiger partial charge is 0.381 e. The molecule has 0 atom stereocenters. The molecule has 0 aromatic heterocycles. The molecule has 72 valence electrons. The normalized spacial score (nSPS) is 15.2. The van der Waals surface area contributed by atoms with E-state index >= 15 is 0 Å². The Bertz CT molecular complexity index is 64.8. The van der Waals surface area contributed by atoms with Gasteiger partial charge in [0.25, 0.3) is 0 Å². The number of ether oxygens (including phenoxy) is 1. The minimum Gasteiger partial charge on any atom is -0.381 e.